The van der Waals surface area contributed by atoms with Crippen molar-refractivity contribution in [3.63, 3.8) is 0 Å². The van der Waals surface area contributed by atoms with Gasteiger partial charge in [-0.25, -0.2) is 4.79 Å². The third-order valence-corrected chi connectivity index (χ3v) is 4.55. The smallest absolute Gasteiger partial charge is 0.328 e. The van der Waals surface area contributed by atoms with Gasteiger partial charge in [0, 0.05) is 0 Å². The third kappa shape index (κ3) is 5.33. The van der Waals surface area contributed by atoms with E-state index >= 15 is 0 Å². The second kappa shape index (κ2) is 9.55. The van der Waals surface area contributed by atoms with Crippen molar-refractivity contribution in [2.24, 2.45) is 5.92 Å². The van der Waals surface area contributed by atoms with E-state index in [4.69, 9.17) is 14.9 Å². The monoisotopic (exact) mass is 380 g/mol. The first-order valence-electron chi connectivity index (χ1n) is 8.35. The summed E-state index contributed by atoms with van der Waals surface area (Å²) in [6.07, 6.45) is -4.27. The molecule has 1 unspecified atom stereocenters. The molecule has 0 radical (unpaired) electrons. The van der Waals surface area contributed by atoms with Gasteiger partial charge in [-0.05, 0) is 5.92 Å². The van der Waals surface area contributed by atoms with Crippen LogP contribution >= 0.6 is 0 Å². The van der Waals surface area contributed by atoms with E-state index in [9.17, 15) is 30.0 Å². The highest BCUT2D eigenvalue weighted by Crippen LogP contribution is 2.24. The maximum Gasteiger partial charge on any atom is 0.328 e. The van der Waals surface area contributed by atoms with E-state index in [0.29, 0.717) is 6.42 Å². The summed E-state index contributed by atoms with van der Waals surface area (Å²) in [6, 6.07) is -2.44. The first-order valence-corrected chi connectivity index (χ1v) is 8.35. The van der Waals surface area contributed by atoms with E-state index in [0.717, 1.165) is 0 Å². The molecule has 1 rings (SSSR count). The van der Waals surface area contributed by atoms with Crippen molar-refractivity contribution in [2.75, 3.05) is 19.8 Å². The van der Waals surface area contributed by atoms with E-state index in [1.54, 1.807) is 13.8 Å². The van der Waals surface area contributed by atoms with Gasteiger partial charge in [-0.3, -0.25) is 4.79 Å². The molecular weight excluding hydrogens is 352 g/mol. The summed E-state index contributed by atoms with van der Waals surface area (Å²) in [4.78, 5) is 23.3. The van der Waals surface area contributed by atoms with Crippen molar-refractivity contribution >= 4 is 11.9 Å². The average Bonchev–Trinajstić information content (AvgIpc) is 2.61. The Morgan fingerprint density at radius 2 is 1.92 bits per heavy atom. The summed E-state index contributed by atoms with van der Waals surface area (Å²) < 4.78 is 5.01. The Kier molecular flexibility index (Phi) is 8.34. The lowest BCUT2D eigenvalue weighted by atomic mass is 9.94. The number of hydrogen-bond donors (Lipinski definition) is 8. The lowest BCUT2D eigenvalue weighted by molar-refractivity contribution is -0.318. The molecule has 0 aromatic heterocycles. The van der Waals surface area contributed by atoms with Gasteiger partial charge in [0.25, 0.3) is 0 Å². The van der Waals surface area contributed by atoms with E-state index in [1.807, 2.05) is 0 Å². The van der Waals surface area contributed by atoms with Crippen molar-refractivity contribution < 1.29 is 45.0 Å². The van der Waals surface area contributed by atoms with E-state index in [2.05, 4.69) is 10.6 Å². The number of aliphatic carboxylic acids is 1. The zero-order valence-corrected chi connectivity index (χ0v) is 14.7. The minimum atomic E-state index is -2.24. The third-order valence-electron chi connectivity index (χ3n) is 4.55. The van der Waals surface area contributed by atoms with Crippen LogP contribution < -0.4 is 10.6 Å². The highest BCUT2D eigenvalue weighted by Gasteiger charge is 2.48. The van der Waals surface area contributed by atoms with Gasteiger partial charge in [0.1, 0.15) is 24.4 Å². The summed E-state index contributed by atoms with van der Waals surface area (Å²) in [5.74, 6) is -4.64. The number of hydrogen-bond acceptors (Lipinski definition) is 9. The number of rotatable bonds is 9. The number of aliphatic hydroxyl groups excluding tert-OH is 4. The molecule has 8 N–H and O–H groups in total. The minimum Gasteiger partial charge on any atom is -0.480 e. The van der Waals surface area contributed by atoms with Gasteiger partial charge >= 0.3 is 5.97 Å². The van der Waals surface area contributed by atoms with Gasteiger partial charge in [0.2, 0.25) is 11.7 Å². The Morgan fingerprint density at radius 3 is 2.42 bits per heavy atom. The molecular formula is C15H28N2O9. The highest BCUT2D eigenvalue weighted by molar-refractivity contribution is 5.87. The molecule has 152 valence electrons. The van der Waals surface area contributed by atoms with Gasteiger partial charge in [-0.1, -0.05) is 20.3 Å². The zero-order valence-electron chi connectivity index (χ0n) is 14.7. The quantitative estimate of drug-likeness (QED) is 0.198. The molecule has 0 spiro atoms. The Bertz CT molecular complexity index is 492. The highest BCUT2D eigenvalue weighted by atomic mass is 16.6. The summed E-state index contributed by atoms with van der Waals surface area (Å²) in [7, 11) is 0. The lowest BCUT2D eigenvalue weighted by Crippen LogP contribution is -2.66. The van der Waals surface area contributed by atoms with Crippen LogP contribution in [0.25, 0.3) is 0 Å². The molecule has 1 aliphatic rings. The summed E-state index contributed by atoms with van der Waals surface area (Å²) in [5.41, 5.74) is 0. The van der Waals surface area contributed by atoms with Crippen LogP contribution in [0.4, 0.5) is 0 Å². The normalized spacial score (nSPS) is 32.5. The van der Waals surface area contributed by atoms with Crippen LogP contribution in [0.5, 0.6) is 0 Å². The van der Waals surface area contributed by atoms with Crippen LogP contribution in [0.3, 0.4) is 0 Å². The van der Waals surface area contributed by atoms with Crippen molar-refractivity contribution in [2.45, 2.75) is 56.5 Å². The van der Waals surface area contributed by atoms with E-state index in [-0.39, 0.29) is 5.92 Å². The number of aliphatic hydroxyl groups is 5. The summed E-state index contributed by atoms with van der Waals surface area (Å²) in [5, 5.41) is 62.2. The second-order valence-corrected chi connectivity index (χ2v) is 6.48. The van der Waals surface area contributed by atoms with Crippen molar-refractivity contribution in [1.82, 2.24) is 10.6 Å². The molecule has 1 fully saturated rings. The fourth-order valence-electron chi connectivity index (χ4n) is 2.54. The van der Waals surface area contributed by atoms with Crippen LogP contribution in [-0.2, 0) is 14.3 Å². The van der Waals surface area contributed by atoms with Gasteiger partial charge in [0.05, 0.1) is 25.8 Å². The number of amides is 1. The molecule has 0 aliphatic carbocycles. The SMILES string of the molecule is CC[C@H](C)[C@H](NCC1(O)OC[C@@H](O)[C@@H](O)[C@@H]1O)C(=O)N[C@@H](CO)C(=O)O. The molecule has 0 saturated carbocycles. The van der Waals surface area contributed by atoms with E-state index in [1.165, 1.54) is 0 Å². The summed E-state index contributed by atoms with van der Waals surface area (Å²) in [6.45, 7) is 1.85. The second-order valence-electron chi connectivity index (χ2n) is 6.48. The molecule has 7 atom stereocenters. The minimum absolute atomic E-state index is 0.289. The summed E-state index contributed by atoms with van der Waals surface area (Å²) >= 11 is 0. The molecule has 26 heavy (non-hydrogen) atoms. The predicted octanol–water partition coefficient (Wildman–Crippen LogP) is -3.65. The Hall–Kier alpha value is -1.34. The van der Waals surface area contributed by atoms with Gasteiger partial charge in [-0.2, -0.15) is 0 Å². The number of carbonyl (C=O) groups excluding carboxylic acids is 1. The molecule has 0 aromatic rings. The van der Waals surface area contributed by atoms with Crippen LogP contribution in [-0.4, -0.2) is 98.5 Å². The van der Waals surface area contributed by atoms with Crippen molar-refractivity contribution in [3.8, 4) is 0 Å². The Labute approximate surface area is 150 Å². The fraction of sp³-hybridized carbons (Fsp3) is 0.867. The molecule has 1 amide bonds. The van der Waals surface area contributed by atoms with Gasteiger partial charge < -0.3 is 46.0 Å². The molecule has 11 heteroatoms. The maximum absolute atomic E-state index is 12.4. The number of nitrogens with one attached hydrogen (secondary N) is 2. The molecule has 11 nitrogen and oxygen atoms in total. The van der Waals surface area contributed by atoms with Crippen molar-refractivity contribution in [1.29, 1.82) is 0 Å². The molecule has 0 bridgehead atoms. The number of ether oxygens (including phenoxy) is 1. The van der Waals surface area contributed by atoms with Gasteiger partial charge in [-0.15, -0.1) is 0 Å². The Balaban J connectivity index is 2.82. The van der Waals surface area contributed by atoms with Crippen molar-refractivity contribution in [3.05, 3.63) is 0 Å². The zero-order chi connectivity index (χ0) is 20.1. The van der Waals surface area contributed by atoms with Crippen LogP contribution in [0.2, 0.25) is 0 Å². The van der Waals surface area contributed by atoms with Gasteiger partial charge in [0.15, 0.2) is 0 Å². The average molecular weight is 380 g/mol. The topological polar surface area (TPSA) is 189 Å². The Morgan fingerprint density at radius 1 is 1.31 bits per heavy atom. The standard InChI is InChI=1S/C15H28N2O9/c1-3-7(2)10(13(22)17-8(4-18)14(23)24)16-6-15(25)12(21)11(20)9(19)5-26-15/h7-12,16,18-21,25H,3-6H2,1-2H3,(H,17,22)(H,23,24)/t7-,8-,9+,10-,11+,12-,15?/m0/s1. The number of carbonyl (C=O) groups is 2. The van der Waals surface area contributed by atoms with Crippen LogP contribution in [0, 0.1) is 5.92 Å². The molecule has 1 saturated heterocycles. The lowest BCUT2D eigenvalue weighted by Gasteiger charge is -2.42. The van der Waals surface area contributed by atoms with E-state index < -0.39 is 67.8 Å². The number of carboxylic acids is 1. The fourth-order valence-corrected chi connectivity index (χ4v) is 2.54. The first-order chi connectivity index (χ1) is 12.1. The molecule has 1 heterocycles. The predicted molar refractivity (Wildman–Crippen MR) is 86.8 cm³/mol. The molecule has 0 aromatic carbocycles. The largest absolute Gasteiger partial charge is 0.480 e. The number of carboxylic acid groups (broad SMARTS) is 1. The first kappa shape index (κ1) is 22.7. The maximum atomic E-state index is 12.4. The van der Waals surface area contributed by atoms with Crippen LogP contribution in [0.15, 0.2) is 0 Å². The van der Waals surface area contributed by atoms with Crippen LogP contribution in [0.1, 0.15) is 20.3 Å². The molecule has 1 aliphatic heterocycles.